The summed E-state index contributed by atoms with van der Waals surface area (Å²) < 4.78 is 9.69. The first-order valence-electron chi connectivity index (χ1n) is 4.76. The lowest BCUT2D eigenvalue weighted by Gasteiger charge is -2.06. The van der Waals surface area contributed by atoms with Gasteiger partial charge in [0.25, 0.3) is 0 Å². The first-order chi connectivity index (χ1) is 6.76. The molecule has 0 aromatic carbocycles. The zero-order valence-electron chi connectivity index (χ0n) is 8.78. The quantitative estimate of drug-likeness (QED) is 0.383. The van der Waals surface area contributed by atoms with Gasteiger partial charge in [-0.05, 0) is 19.3 Å². The smallest absolute Gasteiger partial charge is 0.337 e. The van der Waals surface area contributed by atoms with Crippen LogP contribution in [0.4, 0.5) is 0 Å². The minimum absolute atomic E-state index is 0.0577. The third-order valence-electron chi connectivity index (χ3n) is 1.56. The predicted molar refractivity (Wildman–Crippen MR) is 52.7 cm³/mol. The van der Waals surface area contributed by atoms with E-state index in [-0.39, 0.29) is 12.6 Å². The molecule has 0 aliphatic rings. The fraction of sp³-hybridized carbons (Fsp3) is 0.700. The summed E-state index contributed by atoms with van der Waals surface area (Å²) in [4.78, 5) is 11.3. The number of rotatable bonds is 7. The minimum atomic E-state index is -0.359. The van der Waals surface area contributed by atoms with E-state index in [2.05, 4.69) is 0 Å². The molecule has 0 aromatic rings. The van der Waals surface area contributed by atoms with Crippen LogP contribution >= 0.6 is 0 Å². The monoisotopic (exact) mass is 202 g/mol. The molecule has 0 amide bonds. The first kappa shape index (κ1) is 13.0. The molecule has 0 saturated carbocycles. The van der Waals surface area contributed by atoms with Crippen LogP contribution in [0, 0.1) is 0 Å². The highest BCUT2D eigenvalue weighted by Crippen LogP contribution is 2.07. The van der Waals surface area contributed by atoms with E-state index in [0.717, 1.165) is 6.42 Å². The molecule has 0 heterocycles. The number of carbonyl (C=O) groups excluding carboxylic acids is 1. The average Bonchev–Trinajstić information content (AvgIpc) is 2.20. The van der Waals surface area contributed by atoms with Crippen LogP contribution in [-0.2, 0) is 14.3 Å². The minimum Gasteiger partial charge on any atom is -0.504 e. The Balaban J connectivity index is 4.05. The first-order valence-corrected chi connectivity index (χ1v) is 4.76. The van der Waals surface area contributed by atoms with Gasteiger partial charge in [-0.25, -0.2) is 4.79 Å². The second-order valence-corrected chi connectivity index (χ2v) is 2.84. The van der Waals surface area contributed by atoms with Gasteiger partial charge in [-0.1, -0.05) is 6.92 Å². The molecule has 0 saturated heterocycles. The van der Waals surface area contributed by atoms with Crippen LogP contribution in [0.3, 0.4) is 0 Å². The van der Waals surface area contributed by atoms with Crippen LogP contribution in [0.5, 0.6) is 0 Å². The molecule has 4 nitrogen and oxygen atoms in total. The lowest BCUT2D eigenvalue weighted by Crippen LogP contribution is -2.09. The Bertz CT molecular complexity index is 187. The van der Waals surface area contributed by atoms with Crippen molar-refractivity contribution in [3.8, 4) is 0 Å². The lowest BCUT2D eigenvalue weighted by atomic mass is 10.1. The van der Waals surface area contributed by atoms with E-state index in [0.29, 0.717) is 25.0 Å². The predicted octanol–water partition coefficient (Wildman–Crippen LogP) is 1.24. The molecule has 0 rings (SSSR count). The maximum absolute atomic E-state index is 11.3. The molecule has 82 valence electrons. The van der Waals surface area contributed by atoms with Gasteiger partial charge >= 0.3 is 5.97 Å². The van der Waals surface area contributed by atoms with Crippen molar-refractivity contribution in [3.05, 3.63) is 11.8 Å². The lowest BCUT2D eigenvalue weighted by molar-refractivity contribution is -0.139. The molecule has 0 radical (unpaired) electrons. The highest BCUT2D eigenvalue weighted by atomic mass is 16.5. The third-order valence-corrected chi connectivity index (χ3v) is 1.56. The van der Waals surface area contributed by atoms with Crippen LogP contribution in [0.1, 0.15) is 26.2 Å². The second kappa shape index (κ2) is 8.56. The van der Waals surface area contributed by atoms with Crippen molar-refractivity contribution in [2.45, 2.75) is 26.2 Å². The van der Waals surface area contributed by atoms with Crippen molar-refractivity contribution in [1.82, 2.24) is 0 Å². The number of esters is 1. The summed E-state index contributed by atoms with van der Waals surface area (Å²) in [6.45, 7) is 2.40. The van der Waals surface area contributed by atoms with Gasteiger partial charge in [0.05, 0.1) is 25.6 Å². The van der Waals surface area contributed by atoms with E-state index in [4.69, 9.17) is 14.6 Å². The molecular weight excluding hydrogens is 184 g/mol. The van der Waals surface area contributed by atoms with Gasteiger partial charge in [0, 0.05) is 6.61 Å². The number of aliphatic hydroxyl groups is 1. The molecule has 1 N–H and O–H groups in total. The average molecular weight is 202 g/mol. The molecule has 4 heteroatoms. The molecule has 0 aromatic heterocycles. The summed E-state index contributed by atoms with van der Waals surface area (Å²) in [5.74, 6) is -0.359. The van der Waals surface area contributed by atoms with E-state index in [1.54, 1.807) is 0 Å². The maximum atomic E-state index is 11.3. The van der Waals surface area contributed by atoms with Crippen LogP contribution in [0.15, 0.2) is 11.8 Å². The van der Waals surface area contributed by atoms with Gasteiger partial charge in [-0.2, -0.15) is 0 Å². The molecule has 0 aliphatic heterocycles. The van der Waals surface area contributed by atoms with E-state index < -0.39 is 0 Å². The van der Waals surface area contributed by atoms with Gasteiger partial charge in [0.2, 0.25) is 0 Å². The van der Waals surface area contributed by atoms with Gasteiger partial charge in [-0.3, -0.25) is 0 Å². The Labute approximate surface area is 84.5 Å². The largest absolute Gasteiger partial charge is 0.504 e. The van der Waals surface area contributed by atoms with E-state index in [1.807, 2.05) is 6.92 Å². The molecule has 0 fully saturated rings. The summed E-state index contributed by atoms with van der Waals surface area (Å²) >= 11 is 0. The number of hydrogen-bond donors (Lipinski definition) is 1. The third kappa shape index (κ3) is 5.59. The molecule has 0 unspecified atom stereocenters. The maximum Gasteiger partial charge on any atom is 0.337 e. The summed E-state index contributed by atoms with van der Waals surface area (Å²) in [6, 6.07) is 0. The van der Waals surface area contributed by atoms with E-state index in [1.165, 1.54) is 13.4 Å². The Kier molecular flexibility index (Phi) is 7.93. The Morgan fingerprint density at radius 2 is 2.21 bits per heavy atom. The van der Waals surface area contributed by atoms with E-state index >= 15 is 0 Å². The Hall–Kier alpha value is -1.03. The number of methoxy groups -OCH3 is 1. The van der Waals surface area contributed by atoms with Crippen molar-refractivity contribution in [2.24, 2.45) is 0 Å². The van der Waals surface area contributed by atoms with Crippen molar-refractivity contribution in [3.63, 3.8) is 0 Å². The number of ether oxygens (including phenoxy) is 2. The highest BCUT2D eigenvalue weighted by Gasteiger charge is 2.10. The fourth-order valence-corrected chi connectivity index (χ4v) is 0.908. The standard InChI is InChI=1S/C10H18O4/c1-3-7-14-10(12)9(8-13-2)5-4-6-11/h8,11H,3-7H2,1-2H3. The summed E-state index contributed by atoms with van der Waals surface area (Å²) in [6.07, 6.45) is 3.18. The van der Waals surface area contributed by atoms with Crippen LogP contribution in [0.25, 0.3) is 0 Å². The zero-order chi connectivity index (χ0) is 10.8. The number of carbonyl (C=O) groups is 1. The van der Waals surface area contributed by atoms with Crippen molar-refractivity contribution >= 4 is 5.97 Å². The summed E-state index contributed by atoms with van der Waals surface area (Å²) in [5.41, 5.74) is 0.468. The molecule has 14 heavy (non-hydrogen) atoms. The molecule has 0 spiro atoms. The van der Waals surface area contributed by atoms with E-state index in [9.17, 15) is 4.79 Å². The Morgan fingerprint density at radius 3 is 2.71 bits per heavy atom. The molecular formula is C10H18O4. The fourth-order valence-electron chi connectivity index (χ4n) is 0.908. The van der Waals surface area contributed by atoms with Gasteiger partial charge in [0.1, 0.15) is 0 Å². The summed E-state index contributed by atoms with van der Waals surface area (Å²) in [5, 5.41) is 8.62. The summed E-state index contributed by atoms with van der Waals surface area (Å²) in [7, 11) is 1.48. The van der Waals surface area contributed by atoms with Crippen molar-refractivity contribution in [1.29, 1.82) is 0 Å². The normalized spacial score (nSPS) is 11.2. The molecule has 0 atom stereocenters. The van der Waals surface area contributed by atoms with Gasteiger partial charge < -0.3 is 14.6 Å². The van der Waals surface area contributed by atoms with Crippen LogP contribution in [0.2, 0.25) is 0 Å². The van der Waals surface area contributed by atoms with Crippen molar-refractivity contribution in [2.75, 3.05) is 20.3 Å². The van der Waals surface area contributed by atoms with Gasteiger partial charge in [0.15, 0.2) is 0 Å². The zero-order valence-corrected chi connectivity index (χ0v) is 8.78. The van der Waals surface area contributed by atoms with Crippen molar-refractivity contribution < 1.29 is 19.4 Å². The molecule has 0 bridgehead atoms. The van der Waals surface area contributed by atoms with Gasteiger partial charge in [-0.15, -0.1) is 0 Å². The SMILES string of the molecule is CCCOC(=O)C(=COC)CCCO. The highest BCUT2D eigenvalue weighted by molar-refractivity contribution is 5.88. The van der Waals surface area contributed by atoms with Crippen LogP contribution in [-0.4, -0.2) is 31.4 Å². The second-order valence-electron chi connectivity index (χ2n) is 2.84. The topological polar surface area (TPSA) is 55.8 Å². The van der Waals surface area contributed by atoms with Crippen LogP contribution < -0.4 is 0 Å². The number of hydrogen-bond acceptors (Lipinski definition) is 4. The Morgan fingerprint density at radius 1 is 1.50 bits per heavy atom. The number of aliphatic hydroxyl groups excluding tert-OH is 1. The molecule has 0 aliphatic carbocycles.